The topological polar surface area (TPSA) is 58.8 Å². The van der Waals surface area contributed by atoms with Gasteiger partial charge in [0.05, 0.1) is 17.6 Å². The average molecular weight is 373 g/mol. The minimum Gasteiger partial charge on any atom is -0.492 e. The highest BCUT2D eigenvalue weighted by atomic mass is 32.1. The summed E-state index contributed by atoms with van der Waals surface area (Å²) in [6.45, 7) is 3.97. The van der Waals surface area contributed by atoms with E-state index in [1.807, 2.05) is 39.2 Å². The van der Waals surface area contributed by atoms with Gasteiger partial charge in [0.1, 0.15) is 11.3 Å². The number of amides is 1. The van der Waals surface area contributed by atoms with Crippen molar-refractivity contribution in [1.29, 1.82) is 0 Å². The first kappa shape index (κ1) is 18.4. The second-order valence-electron chi connectivity index (χ2n) is 6.12. The molecule has 3 rings (SSSR count). The molecule has 0 atom stereocenters. The number of hydrogen-bond donors (Lipinski definition) is 0. The Kier molecular flexibility index (Phi) is 5.90. The molecule has 0 saturated heterocycles. The summed E-state index contributed by atoms with van der Waals surface area (Å²) >= 11 is 1.49. The molecule has 0 bridgehead atoms. The average Bonchev–Trinajstić information content (AvgIpc) is 3.28. The van der Waals surface area contributed by atoms with Crippen molar-refractivity contribution in [3.63, 3.8) is 0 Å². The lowest BCUT2D eigenvalue weighted by Crippen LogP contribution is -2.33. The van der Waals surface area contributed by atoms with Crippen LogP contribution in [0.3, 0.4) is 0 Å². The predicted molar refractivity (Wildman–Crippen MR) is 104 cm³/mol. The summed E-state index contributed by atoms with van der Waals surface area (Å²) in [5.41, 5.74) is 0.791. The third kappa shape index (κ3) is 4.05. The van der Waals surface area contributed by atoms with Gasteiger partial charge in [0, 0.05) is 6.54 Å². The molecular weight excluding hydrogens is 350 g/mol. The molecule has 1 aromatic carbocycles. The molecule has 3 aromatic rings. The highest BCUT2D eigenvalue weighted by Gasteiger charge is 2.23. The van der Waals surface area contributed by atoms with Gasteiger partial charge in [-0.05, 0) is 58.3 Å². The van der Waals surface area contributed by atoms with E-state index in [9.17, 15) is 4.79 Å². The first-order valence-corrected chi connectivity index (χ1v) is 9.44. The number of hydrogen-bond acceptors (Lipinski definition) is 6. The predicted octanol–water partition coefficient (Wildman–Crippen LogP) is 3.89. The van der Waals surface area contributed by atoms with Gasteiger partial charge < -0.3 is 14.1 Å². The molecule has 0 unspecified atom stereocenters. The smallest absolute Gasteiger partial charge is 0.295 e. The number of aromatic nitrogens is 1. The molecule has 0 N–H and O–H groups in total. The van der Waals surface area contributed by atoms with Crippen LogP contribution >= 0.6 is 11.3 Å². The van der Waals surface area contributed by atoms with E-state index in [2.05, 4.69) is 4.90 Å². The molecule has 6 nitrogen and oxygen atoms in total. The standard InChI is InChI=1S/C19H23N3O3S/c1-4-24-14-8-5-10-16-17(14)20-19(26-16)22(12-7-11-21(2)3)18(23)15-9-6-13-25-15/h5-6,8-10,13H,4,7,11-12H2,1-3H3. The number of fused-ring (bicyclic) bond motifs is 1. The van der Waals surface area contributed by atoms with E-state index in [0.717, 1.165) is 28.9 Å². The first-order valence-electron chi connectivity index (χ1n) is 8.62. The highest BCUT2D eigenvalue weighted by molar-refractivity contribution is 7.22. The van der Waals surface area contributed by atoms with E-state index >= 15 is 0 Å². The molecule has 1 amide bonds. The maximum atomic E-state index is 12.9. The molecule has 138 valence electrons. The maximum absolute atomic E-state index is 12.9. The lowest BCUT2D eigenvalue weighted by molar-refractivity contribution is 0.0959. The number of para-hydroxylation sites is 1. The Balaban J connectivity index is 1.93. The lowest BCUT2D eigenvalue weighted by Gasteiger charge is -2.19. The van der Waals surface area contributed by atoms with Crippen LogP contribution in [0.15, 0.2) is 41.0 Å². The van der Waals surface area contributed by atoms with Crippen LogP contribution in [-0.2, 0) is 0 Å². The molecule has 0 fully saturated rings. The van der Waals surface area contributed by atoms with Gasteiger partial charge in [-0.1, -0.05) is 17.4 Å². The van der Waals surface area contributed by atoms with Crippen LogP contribution in [0.1, 0.15) is 23.9 Å². The van der Waals surface area contributed by atoms with Gasteiger partial charge in [-0.25, -0.2) is 4.98 Å². The van der Waals surface area contributed by atoms with E-state index in [1.54, 1.807) is 17.0 Å². The van der Waals surface area contributed by atoms with Crippen LogP contribution in [0.4, 0.5) is 5.13 Å². The van der Waals surface area contributed by atoms with Gasteiger partial charge in [0.2, 0.25) is 0 Å². The summed E-state index contributed by atoms with van der Waals surface area (Å²) in [5.74, 6) is 0.885. The normalized spacial score (nSPS) is 11.2. The zero-order chi connectivity index (χ0) is 18.5. The number of rotatable bonds is 8. The van der Waals surface area contributed by atoms with Crippen LogP contribution < -0.4 is 9.64 Å². The Hall–Kier alpha value is -2.38. The molecule has 2 aromatic heterocycles. The summed E-state index contributed by atoms with van der Waals surface area (Å²) in [7, 11) is 4.04. The number of nitrogens with zero attached hydrogens (tertiary/aromatic N) is 3. The zero-order valence-electron chi connectivity index (χ0n) is 15.3. The second kappa shape index (κ2) is 8.33. The number of benzene rings is 1. The molecule has 0 aliphatic heterocycles. The van der Waals surface area contributed by atoms with Crippen molar-refractivity contribution in [2.24, 2.45) is 0 Å². The van der Waals surface area contributed by atoms with Gasteiger partial charge in [0.15, 0.2) is 10.9 Å². The summed E-state index contributed by atoms with van der Waals surface area (Å²) in [6, 6.07) is 9.24. The van der Waals surface area contributed by atoms with E-state index in [1.165, 1.54) is 17.6 Å². The van der Waals surface area contributed by atoms with Gasteiger partial charge in [-0.15, -0.1) is 0 Å². The fourth-order valence-electron chi connectivity index (χ4n) is 2.66. The SMILES string of the molecule is CCOc1cccc2sc(N(CCCN(C)C)C(=O)c3ccco3)nc12. The van der Waals surface area contributed by atoms with Crippen LogP contribution in [0.5, 0.6) is 5.75 Å². The minimum atomic E-state index is -0.175. The van der Waals surface area contributed by atoms with Gasteiger partial charge >= 0.3 is 0 Å². The Morgan fingerprint density at radius 2 is 2.08 bits per heavy atom. The van der Waals surface area contributed by atoms with E-state index in [4.69, 9.17) is 14.1 Å². The molecule has 0 aliphatic carbocycles. The molecule has 0 aliphatic rings. The highest BCUT2D eigenvalue weighted by Crippen LogP contribution is 2.34. The van der Waals surface area contributed by atoms with Crippen molar-refractivity contribution >= 4 is 32.6 Å². The Morgan fingerprint density at radius 1 is 1.23 bits per heavy atom. The number of carbonyl (C=O) groups is 1. The fraction of sp³-hybridized carbons (Fsp3) is 0.368. The van der Waals surface area contributed by atoms with Crippen LogP contribution in [0.25, 0.3) is 10.2 Å². The maximum Gasteiger partial charge on any atom is 0.295 e. The van der Waals surface area contributed by atoms with Crippen molar-refractivity contribution in [1.82, 2.24) is 9.88 Å². The van der Waals surface area contributed by atoms with Crippen molar-refractivity contribution in [3.8, 4) is 5.75 Å². The van der Waals surface area contributed by atoms with Crippen molar-refractivity contribution in [2.75, 3.05) is 38.7 Å². The summed E-state index contributed by atoms with van der Waals surface area (Å²) in [4.78, 5) is 21.4. The monoisotopic (exact) mass is 373 g/mol. The van der Waals surface area contributed by atoms with Gasteiger partial charge in [-0.2, -0.15) is 0 Å². The second-order valence-corrected chi connectivity index (χ2v) is 7.13. The van der Waals surface area contributed by atoms with Crippen LogP contribution in [-0.4, -0.2) is 49.6 Å². The minimum absolute atomic E-state index is 0.175. The number of furan rings is 1. The molecule has 7 heteroatoms. The van der Waals surface area contributed by atoms with E-state index in [0.29, 0.717) is 24.0 Å². The number of ether oxygens (including phenoxy) is 1. The largest absolute Gasteiger partial charge is 0.492 e. The molecule has 0 saturated carbocycles. The molecular formula is C19H23N3O3S. The molecule has 26 heavy (non-hydrogen) atoms. The fourth-order valence-corrected chi connectivity index (χ4v) is 3.67. The first-order chi connectivity index (χ1) is 12.6. The van der Waals surface area contributed by atoms with Gasteiger partial charge in [-0.3, -0.25) is 9.69 Å². The third-order valence-electron chi connectivity index (χ3n) is 3.87. The quantitative estimate of drug-likeness (QED) is 0.600. The third-order valence-corrected chi connectivity index (χ3v) is 4.91. The Morgan fingerprint density at radius 3 is 2.77 bits per heavy atom. The summed E-state index contributed by atoms with van der Waals surface area (Å²) in [6.07, 6.45) is 2.35. The molecule has 2 heterocycles. The Labute approximate surface area is 157 Å². The lowest BCUT2D eigenvalue weighted by atomic mass is 10.3. The zero-order valence-corrected chi connectivity index (χ0v) is 16.1. The number of thiazole rings is 1. The Bertz CT molecular complexity index is 858. The van der Waals surface area contributed by atoms with Crippen LogP contribution in [0, 0.1) is 0 Å². The van der Waals surface area contributed by atoms with E-state index in [-0.39, 0.29) is 5.91 Å². The van der Waals surface area contributed by atoms with Crippen LogP contribution in [0.2, 0.25) is 0 Å². The van der Waals surface area contributed by atoms with E-state index < -0.39 is 0 Å². The van der Waals surface area contributed by atoms with Crippen molar-refractivity contribution < 1.29 is 13.9 Å². The van der Waals surface area contributed by atoms with Crippen molar-refractivity contribution in [3.05, 3.63) is 42.4 Å². The molecule has 0 spiro atoms. The van der Waals surface area contributed by atoms with Crippen molar-refractivity contribution in [2.45, 2.75) is 13.3 Å². The van der Waals surface area contributed by atoms with Gasteiger partial charge in [0.25, 0.3) is 5.91 Å². The summed E-state index contributed by atoms with van der Waals surface area (Å²) < 4.78 is 12.0. The number of carbonyl (C=O) groups excluding carboxylic acids is 1. The summed E-state index contributed by atoms with van der Waals surface area (Å²) in [5, 5.41) is 0.660. The molecule has 0 radical (unpaired) electrons. The number of anilines is 1.